The molecule has 0 bridgehead atoms. The molecule has 1 aromatic carbocycles. The molecule has 1 aromatic rings. The summed E-state index contributed by atoms with van der Waals surface area (Å²) in [4.78, 5) is 2.46. The van der Waals surface area contributed by atoms with Gasteiger partial charge in [-0.25, -0.2) is 0 Å². The molecule has 0 fully saturated rings. The SMILES string of the molecule is C=C(N)C1=C(N)SC(c2ccccc2SC)=CC1. The van der Waals surface area contributed by atoms with E-state index in [1.807, 2.05) is 6.07 Å². The fourth-order valence-corrected chi connectivity index (χ4v) is 3.53. The largest absolute Gasteiger partial charge is 0.399 e. The molecule has 4 N–H and O–H groups in total. The average molecular weight is 276 g/mol. The molecule has 94 valence electrons. The number of hydrogen-bond donors (Lipinski definition) is 2. The van der Waals surface area contributed by atoms with E-state index in [2.05, 4.69) is 37.1 Å². The molecule has 0 saturated carbocycles. The highest BCUT2D eigenvalue weighted by Crippen LogP contribution is 2.41. The van der Waals surface area contributed by atoms with Crippen molar-refractivity contribution in [3.63, 3.8) is 0 Å². The Labute approximate surface area is 116 Å². The molecule has 0 radical (unpaired) electrons. The first-order chi connectivity index (χ1) is 8.63. The van der Waals surface area contributed by atoms with Crippen molar-refractivity contribution in [3.8, 4) is 0 Å². The van der Waals surface area contributed by atoms with Crippen LogP contribution in [0.15, 0.2) is 58.1 Å². The molecular formula is C14H16N2S2. The topological polar surface area (TPSA) is 52.0 Å². The number of benzene rings is 1. The quantitative estimate of drug-likeness (QED) is 0.829. The Morgan fingerprint density at radius 2 is 2.11 bits per heavy atom. The van der Waals surface area contributed by atoms with Gasteiger partial charge in [0, 0.05) is 26.6 Å². The number of rotatable bonds is 3. The van der Waals surface area contributed by atoms with Crippen LogP contribution in [0.2, 0.25) is 0 Å². The lowest BCUT2D eigenvalue weighted by Crippen LogP contribution is -2.09. The highest BCUT2D eigenvalue weighted by Gasteiger charge is 2.16. The maximum absolute atomic E-state index is 6.05. The normalized spacial score (nSPS) is 15.5. The van der Waals surface area contributed by atoms with Gasteiger partial charge in [0.25, 0.3) is 0 Å². The van der Waals surface area contributed by atoms with Crippen LogP contribution in [0.1, 0.15) is 12.0 Å². The smallest absolute Gasteiger partial charge is 0.0760 e. The Balaban J connectivity index is 2.31. The lowest BCUT2D eigenvalue weighted by molar-refractivity contribution is 1.16. The van der Waals surface area contributed by atoms with Crippen molar-refractivity contribution in [2.45, 2.75) is 11.3 Å². The van der Waals surface area contributed by atoms with Crippen LogP contribution < -0.4 is 11.5 Å². The molecule has 0 spiro atoms. The zero-order valence-electron chi connectivity index (χ0n) is 10.3. The van der Waals surface area contributed by atoms with E-state index in [1.54, 1.807) is 23.5 Å². The van der Waals surface area contributed by atoms with Gasteiger partial charge in [-0.3, -0.25) is 0 Å². The van der Waals surface area contributed by atoms with Crippen molar-refractivity contribution in [3.05, 3.63) is 58.8 Å². The van der Waals surface area contributed by atoms with Gasteiger partial charge in [-0.15, -0.1) is 11.8 Å². The van der Waals surface area contributed by atoms with Crippen LogP contribution in [0.25, 0.3) is 4.91 Å². The summed E-state index contributed by atoms with van der Waals surface area (Å²) >= 11 is 3.31. The monoisotopic (exact) mass is 276 g/mol. The van der Waals surface area contributed by atoms with Gasteiger partial charge in [0.05, 0.1) is 5.03 Å². The van der Waals surface area contributed by atoms with Gasteiger partial charge in [-0.2, -0.15) is 0 Å². The van der Waals surface area contributed by atoms with E-state index < -0.39 is 0 Å². The van der Waals surface area contributed by atoms with E-state index in [-0.39, 0.29) is 0 Å². The van der Waals surface area contributed by atoms with Crippen molar-refractivity contribution >= 4 is 28.4 Å². The van der Waals surface area contributed by atoms with E-state index >= 15 is 0 Å². The lowest BCUT2D eigenvalue weighted by atomic mass is 10.1. The highest BCUT2D eigenvalue weighted by atomic mass is 32.2. The van der Waals surface area contributed by atoms with Gasteiger partial charge in [0.15, 0.2) is 0 Å². The molecule has 4 heteroatoms. The van der Waals surface area contributed by atoms with Gasteiger partial charge in [0.1, 0.15) is 0 Å². The Morgan fingerprint density at radius 3 is 2.72 bits per heavy atom. The molecule has 1 heterocycles. The minimum atomic E-state index is 0.563. The van der Waals surface area contributed by atoms with Crippen molar-refractivity contribution < 1.29 is 0 Å². The summed E-state index contributed by atoms with van der Waals surface area (Å²) < 4.78 is 0. The van der Waals surface area contributed by atoms with Crippen LogP contribution in [0.3, 0.4) is 0 Å². The highest BCUT2D eigenvalue weighted by molar-refractivity contribution is 8.11. The van der Waals surface area contributed by atoms with E-state index in [0.717, 1.165) is 17.0 Å². The minimum absolute atomic E-state index is 0.563. The molecule has 2 nitrogen and oxygen atoms in total. The van der Waals surface area contributed by atoms with Crippen molar-refractivity contribution in [2.24, 2.45) is 11.5 Å². The van der Waals surface area contributed by atoms with E-state index in [0.29, 0.717) is 5.70 Å². The molecule has 0 unspecified atom stereocenters. The average Bonchev–Trinajstić information content (AvgIpc) is 2.38. The summed E-state index contributed by atoms with van der Waals surface area (Å²) in [6.45, 7) is 3.75. The predicted octanol–water partition coefficient (Wildman–Crippen LogP) is 3.53. The van der Waals surface area contributed by atoms with Gasteiger partial charge >= 0.3 is 0 Å². The number of hydrogen-bond acceptors (Lipinski definition) is 4. The van der Waals surface area contributed by atoms with Gasteiger partial charge < -0.3 is 11.5 Å². The van der Waals surface area contributed by atoms with Gasteiger partial charge in [-0.1, -0.05) is 42.6 Å². The molecule has 18 heavy (non-hydrogen) atoms. The summed E-state index contributed by atoms with van der Waals surface area (Å²) in [5.41, 5.74) is 14.5. The first kappa shape index (κ1) is 13.2. The van der Waals surface area contributed by atoms with Crippen LogP contribution >= 0.6 is 23.5 Å². The molecule has 1 aliphatic heterocycles. The first-order valence-corrected chi connectivity index (χ1v) is 7.62. The van der Waals surface area contributed by atoms with Crippen LogP contribution in [-0.4, -0.2) is 6.26 Å². The Morgan fingerprint density at radius 1 is 1.39 bits per heavy atom. The Hall–Kier alpha value is -1.26. The minimum Gasteiger partial charge on any atom is -0.399 e. The third-order valence-corrected chi connectivity index (χ3v) is 4.64. The molecule has 0 amide bonds. The second kappa shape index (κ2) is 5.59. The van der Waals surface area contributed by atoms with Gasteiger partial charge in [-0.05, 0) is 18.7 Å². The van der Waals surface area contributed by atoms with Crippen LogP contribution in [0.5, 0.6) is 0 Å². The molecular weight excluding hydrogens is 260 g/mol. The fraction of sp³-hybridized carbons (Fsp3) is 0.143. The lowest BCUT2D eigenvalue weighted by Gasteiger charge is -2.19. The standard InChI is InChI=1S/C14H16N2S2/c1-9(15)10-7-8-13(18-14(10)16)11-5-3-4-6-12(11)17-2/h3-6,8H,1,7,15-16H2,2H3. The molecule has 0 atom stereocenters. The van der Waals surface area contributed by atoms with Crippen LogP contribution in [0, 0.1) is 0 Å². The van der Waals surface area contributed by atoms with Crippen LogP contribution in [-0.2, 0) is 0 Å². The maximum Gasteiger partial charge on any atom is 0.0760 e. The van der Waals surface area contributed by atoms with Gasteiger partial charge in [0.2, 0.25) is 0 Å². The van der Waals surface area contributed by atoms with E-state index in [1.165, 1.54) is 15.4 Å². The third kappa shape index (κ3) is 2.60. The Bertz CT molecular complexity index is 544. The zero-order valence-corrected chi connectivity index (χ0v) is 11.9. The van der Waals surface area contributed by atoms with E-state index in [4.69, 9.17) is 11.5 Å². The maximum atomic E-state index is 6.05. The molecule has 2 rings (SSSR count). The zero-order chi connectivity index (χ0) is 13.1. The number of nitrogens with two attached hydrogens (primary N) is 2. The van der Waals surface area contributed by atoms with Crippen molar-refractivity contribution in [1.29, 1.82) is 0 Å². The predicted molar refractivity (Wildman–Crippen MR) is 82.9 cm³/mol. The summed E-state index contributed by atoms with van der Waals surface area (Å²) in [7, 11) is 0. The second-order valence-corrected chi connectivity index (χ2v) is 5.87. The number of thioether (sulfide) groups is 2. The van der Waals surface area contributed by atoms with Crippen molar-refractivity contribution in [1.82, 2.24) is 0 Å². The first-order valence-electron chi connectivity index (χ1n) is 5.58. The van der Waals surface area contributed by atoms with Crippen molar-refractivity contribution in [2.75, 3.05) is 6.26 Å². The third-order valence-electron chi connectivity index (χ3n) is 2.77. The summed E-state index contributed by atoms with van der Waals surface area (Å²) in [6, 6.07) is 8.35. The number of allylic oxidation sites excluding steroid dienone is 2. The summed E-state index contributed by atoms with van der Waals surface area (Å²) in [6.07, 6.45) is 5.01. The molecule has 0 aliphatic carbocycles. The molecule has 0 saturated heterocycles. The Kier molecular flexibility index (Phi) is 4.09. The van der Waals surface area contributed by atoms with E-state index in [9.17, 15) is 0 Å². The molecule has 1 aliphatic rings. The fourth-order valence-electron chi connectivity index (χ4n) is 1.82. The van der Waals surface area contributed by atoms with Crippen LogP contribution in [0.4, 0.5) is 0 Å². The summed E-state index contributed by atoms with van der Waals surface area (Å²) in [5, 5.41) is 0.760. The molecule has 0 aromatic heterocycles. The summed E-state index contributed by atoms with van der Waals surface area (Å²) in [5.74, 6) is 0. The second-order valence-electron chi connectivity index (χ2n) is 3.94.